The molecule has 0 unspecified atom stereocenters. The molecular weight excluding hydrogens is 919 g/mol. The molecule has 14 aromatic rings. The van der Waals surface area contributed by atoms with Gasteiger partial charge in [0.2, 0.25) is 0 Å². The highest BCUT2D eigenvalue weighted by molar-refractivity contribution is 6.14. The summed E-state index contributed by atoms with van der Waals surface area (Å²) in [6.45, 7) is 0. The van der Waals surface area contributed by atoms with E-state index in [0.29, 0.717) is 5.82 Å². The van der Waals surface area contributed by atoms with Gasteiger partial charge in [0.25, 0.3) is 0 Å². The molecule has 0 saturated carbocycles. The Bertz CT molecular complexity index is 4520. The fraction of sp³-hybridized carbons (Fsp3) is 0.0137. The second-order valence-corrected chi connectivity index (χ2v) is 20.0. The maximum atomic E-state index is 5.77. The number of fused-ring (bicyclic) bond motifs is 9. The van der Waals surface area contributed by atoms with Crippen LogP contribution in [0.15, 0.2) is 285 Å². The average Bonchev–Trinajstić information content (AvgIpc) is 4.05. The molecule has 2 aromatic heterocycles. The molecule has 0 aliphatic heterocycles. The lowest BCUT2D eigenvalue weighted by Crippen LogP contribution is -2.28. The van der Waals surface area contributed by atoms with E-state index in [4.69, 9.17) is 9.97 Å². The first-order valence-corrected chi connectivity index (χ1v) is 26.1. The van der Waals surface area contributed by atoms with Crippen molar-refractivity contribution in [1.29, 1.82) is 0 Å². The van der Waals surface area contributed by atoms with Gasteiger partial charge < -0.3 is 4.57 Å². The Balaban J connectivity index is 1.03. The Morgan fingerprint density at radius 2 is 0.855 bits per heavy atom. The van der Waals surface area contributed by atoms with Crippen molar-refractivity contribution in [2.75, 3.05) is 0 Å². The van der Waals surface area contributed by atoms with Crippen LogP contribution >= 0.6 is 0 Å². The molecule has 2 heterocycles. The molecule has 15 rings (SSSR count). The van der Waals surface area contributed by atoms with Gasteiger partial charge in [-0.25, -0.2) is 9.97 Å². The van der Waals surface area contributed by atoms with Crippen LogP contribution in [0.2, 0.25) is 0 Å². The maximum absolute atomic E-state index is 5.77. The monoisotopic (exact) mass is 965 g/mol. The lowest BCUT2D eigenvalue weighted by molar-refractivity contribution is 0.768. The average molecular weight is 966 g/mol. The van der Waals surface area contributed by atoms with Crippen LogP contribution in [-0.2, 0) is 5.41 Å². The van der Waals surface area contributed by atoms with Crippen molar-refractivity contribution < 1.29 is 0 Å². The summed E-state index contributed by atoms with van der Waals surface area (Å²) in [7, 11) is 0. The Labute approximate surface area is 441 Å². The van der Waals surface area contributed by atoms with Crippen LogP contribution in [0, 0.1) is 0 Å². The Morgan fingerprint density at radius 1 is 0.289 bits per heavy atom. The minimum Gasteiger partial charge on any atom is -0.309 e. The third kappa shape index (κ3) is 6.83. The van der Waals surface area contributed by atoms with Gasteiger partial charge in [0.1, 0.15) is 0 Å². The summed E-state index contributed by atoms with van der Waals surface area (Å²) in [6, 6.07) is 104. The Hall–Kier alpha value is -9.96. The van der Waals surface area contributed by atoms with Crippen LogP contribution in [0.1, 0.15) is 22.3 Å². The van der Waals surface area contributed by atoms with Crippen molar-refractivity contribution in [3.63, 3.8) is 0 Å². The number of hydrogen-bond acceptors (Lipinski definition) is 2. The van der Waals surface area contributed by atoms with Gasteiger partial charge >= 0.3 is 0 Å². The van der Waals surface area contributed by atoms with Gasteiger partial charge in [0, 0.05) is 33.2 Å². The van der Waals surface area contributed by atoms with Crippen molar-refractivity contribution in [3.05, 3.63) is 307 Å². The molecule has 0 radical (unpaired) electrons. The molecule has 76 heavy (non-hydrogen) atoms. The van der Waals surface area contributed by atoms with Gasteiger partial charge in [-0.15, -0.1) is 0 Å². The number of aromatic nitrogens is 3. The molecule has 1 aliphatic carbocycles. The Morgan fingerprint density at radius 3 is 1.62 bits per heavy atom. The fourth-order valence-corrected chi connectivity index (χ4v) is 12.6. The first-order valence-electron chi connectivity index (χ1n) is 26.1. The first kappa shape index (κ1) is 43.6. The quantitative estimate of drug-likeness (QED) is 0.142. The molecule has 12 aromatic carbocycles. The van der Waals surface area contributed by atoms with E-state index in [-0.39, 0.29) is 0 Å². The molecule has 0 N–H and O–H groups in total. The highest BCUT2D eigenvalue weighted by atomic mass is 15.0. The number of hydrogen-bond donors (Lipinski definition) is 0. The maximum Gasteiger partial charge on any atom is 0.160 e. The molecule has 0 atom stereocenters. The van der Waals surface area contributed by atoms with E-state index in [1.807, 2.05) is 0 Å². The Kier molecular flexibility index (Phi) is 10.1. The van der Waals surface area contributed by atoms with E-state index in [1.165, 1.54) is 71.3 Å². The van der Waals surface area contributed by atoms with Crippen molar-refractivity contribution >= 4 is 43.4 Å². The summed E-state index contributed by atoms with van der Waals surface area (Å²) in [4.78, 5) is 11.4. The minimum atomic E-state index is -0.558. The standard InChI is InChI=1S/C73H47N3/c1-5-22-48(23-6-1)50-40-41-61-60-34-18-20-39-69(60)76(70(61)46-50)56-43-52(64-45-51-26-13-14-31-57(51)58-32-15-16-33-59(58)64)42-53(44-56)72-74-67(49-24-7-2-8-25-49)47-68(75-72)63-36-21-38-66-71(63)62-35-17-19-37-65(62)73(66,54-27-9-3-10-28-54)55-29-11-4-12-30-55/h1-47H. The van der Waals surface area contributed by atoms with Gasteiger partial charge in [0.15, 0.2) is 5.82 Å². The fourth-order valence-electron chi connectivity index (χ4n) is 12.6. The van der Waals surface area contributed by atoms with Crippen molar-refractivity contribution in [2.24, 2.45) is 0 Å². The van der Waals surface area contributed by atoms with Crippen LogP contribution in [0.3, 0.4) is 0 Å². The SMILES string of the molecule is c1ccc(-c2ccc3c4ccccc4n(-c4cc(-c5nc(-c6ccccc6)cc(-c6cccc7c6-c6ccccc6C7(c6ccccc6)c6ccccc6)n5)cc(-c5cc6ccccc6c6ccccc56)c4)c3c2)cc1. The summed E-state index contributed by atoms with van der Waals surface area (Å²) in [5.41, 5.74) is 19.4. The zero-order valence-corrected chi connectivity index (χ0v) is 41.5. The van der Waals surface area contributed by atoms with Crippen molar-refractivity contribution in [3.8, 4) is 73.0 Å². The summed E-state index contributed by atoms with van der Waals surface area (Å²) < 4.78 is 2.45. The lowest BCUT2D eigenvalue weighted by Gasteiger charge is -2.33. The van der Waals surface area contributed by atoms with Gasteiger partial charge in [-0.2, -0.15) is 0 Å². The zero-order valence-electron chi connectivity index (χ0n) is 41.5. The predicted molar refractivity (Wildman–Crippen MR) is 316 cm³/mol. The van der Waals surface area contributed by atoms with E-state index in [9.17, 15) is 0 Å². The summed E-state index contributed by atoms with van der Waals surface area (Å²) in [5, 5.41) is 7.23. The van der Waals surface area contributed by atoms with E-state index in [1.54, 1.807) is 0 Å². The van der Waals surface area contributed by atoms with E-state index < -0.39 is 5.41 Å². The third-order valence-electron chi connectivity index (χ3n) is 15.8. The van der Waals surface area contributed by atoms with Crippen LogP contribution in [0.25, 0.3) is 116 Å². The largest absolute Gasteiger partial charge is 0.309 e. The number of rotatable bonds is 8. The van der Waals surface area contributed by atoms with E-state index in [0.717, 1.165) is 61.5 Å². The second kappa shape index (κ2) is 17.6. The van der Waals surface area contributed by atoms with Gasteiger partial charge in [0.05, 0.1) is 27.8 Å². The smallest absolute Gasteiger partial charge is 0.160 e. The number of para-hydroxylation sites is 1. The molecular formula is C73H47N3. The third-order valence-corrected chi connectivity index (χ3v) is 15.8. The zero-order chi connectivity index (χ0) is 50.2. The highest BCUT2D eigenvalue weighted by Gasteiger charge is 2.47. The molecule has 1 aliphatic rings. The molecule has 0 fully saturated rings. The predicted octanol–water partition coefficient (Wildman–Crippen LogP) is 18.6. The van der Waals surface area contributed by atoms with Crippen LogP contribution < -0.4 is 0 Å². The molecule has 0 spiro atoms. The van der Waals surface area contributed by atoms with Gasteiger partial charge in [-0.1, -0.05) is 243 Å². The summed E-state index contributed by atoms with van der Waals surface area (Å²) in [5.74, 6) is 0.650. The highest BCUT2D eigenvalue weighted by Crippen LogP contribution is 2.58. The molecule has 0 saturated heterocycles. The van der Waals surface area contributed by atoms with Gasteiger partial charge in [-0.3, -0.25) is 0 Å². The first-order chi connectivity index (χ1) is 37.7. The number of benzene rings is 12. The number of nitrogens with zero attached hydrogens (tertiary/aromatic N) is 3. The van der Waals surface area contributed by atoms with E-state index >= 15 is 0 Å². The summed E-state index contributed by atoms with van der Waals surface area (Å²) >= 11 is 0. The second-order valence-electron chi connectivity index (χ2n) is 20.0. The van der Waals surface area contributed by atoms with Crippen molar-refractivity contribution in [2.45, 2.75) is 5.41 Å². The van der Waals surface area contributed by atoms with Crippen LogP contribution in [0.5, 0.6) is 0 Å². The van der Waals surface area contributed by atoms with E-state index in [2.05, 4.69) is 290 Å². The topological polar surface area (TPSA) is 30.7 Å². The molecule has 3 heteroatoms. The normalized spacial score (nSPS) is 12.6. The lowest BCUT2D eigenvalue weighted by atomic mass is 9.67. The van der Waals surface area contributed by atoms with Crippen molar-refractivity contribution in [1.82, 2.24) is 14.5 Å². The molecule has 0 bridgehead atoms. The summed E-state index contributed by atoms with van der Waals surface area (Å²) in [6.07, 6.45) is 0. The van der Waals surface area contributed by atoms with Crippen LogP contribution in [-0.4, -0.2) is 14.5 Å². The molecule has 0 amide bonds. The van der Waals surface area contributed by atoms with Crippen LogP contribution in [0.4, 0.5) is 0 Å². The molecule has 3 nitrogen and oxygen atoms in total. The molecule has 354 valence electrons. The van der Waals surface area contributed by atoms with Gasteiger partial charge in [-0.05, 0) is 120 Å². The minimum absolute atomic E-state index is 0.558.